The lowest BCUT2D eigenvalue weighted by molar-refractivity contribution is -0.386. The van der Waals surface area contributed by atoms with E-state index in [9.17, 15) is 10.1 Å². The predicted molar refractivity (Wildman–Crippen MR) is 87.3 cm³/mol. The molecule has 0 saturated heterocycles. The van der Waals surface area contributed by atoms with Crippen molar-refractivity contribution in [2.24, 2.45) is 5.41 Å². The Bertz CT molecular complexity index is 555. The predicted octanol–water partition coefficient (Wildman–Crippen LogP) is 4.93. The Morgan fingerprint density at radius 3 is 2.48 bits per heavy atom. The topological polar surface area (TPSA) is 52.4 Å². The van der Waals surface area contributed by atoms with Gasteiger partial charge in [-0.3, -0.25) is 10.1 Å². The van der Waals surface area contributed by atoms with Crippen molar-refractivity contribution in [3.05, 3.63) is 33.4 Å². The summed E-state index contributed by atoms with van der Waals surface area (Å²) in [6.07, 6.45) is 2.94. The lowest BCUT2D eigenvalue weighted by Gasteiger charge is -2.52. The normalized spacial score (nSPS) is 23.5. The zero-order valence-electron chi connectivity index (χ0n) is 13.0. The molecule has 1 aromatic rings. The summed E-state index contributed by atoms with van der Waals surface area (Å²) in [6, 6.07) is 3.53. The van der Waals surface area contributed by atoms with Crippen LogP contribution in [0.15, 0.2) is 12.1 Å². The SMILES string of the molecule is CCC1(CC)C(Br)CC1Oc1c(C)cc(C)cc1[N+](=O)[O-]. The van der Waals surface area contributed by atoms with Crippen LogP contribution in [0.5, 0.6) is 5.75 Å². The monoisotopic (exact) mass is 355 g/mol. The standard InChI is InChI=1S/C16H22BrNO3/c1-5-16(6-2)13(17)9-14(16)21-15-11(4)7-10(3)8-12(15)18(19)20/h7-8,13-14H,5-6,9H2,1-4H3. The van der Waals surface area contributed by atoms with Crippen LogP contribution in [-0.2, 0) is 0 Å². The second kappa shape index (κ2) is 5.95. The molecule has 21 heavy (non-hydrogen) atoms. The molecule has 2 atom stereocenters. The van der Waals surface area contributed by atoms with Crippen LogP contribution >= 0.6 is 15.9 Å². The Labute approximate surface area is 134 Å². The van der Waals surface area contributed by atoms with E-state index in [0.717, 1.165) is 30.4 Å². The molecule has 0 N–H and O–H groups in total. The maximum absolute atomic E-state index is 11.3. The third-order valence-corrected chi connectivity index (χ3v) is 6.14. The summed E-state index contributed by atoms with van der Waals surface area (Å²) in [4.78, 5) is 11.4. The van der Waals surface area contributed by atoms with Crippen molar-refractivity contribution in [3.8, 4) is 5.75 Å². The van der Waals surface area contributed by atoms with Crippen molar-refractivity contribution >= 4 is 21.6 Å². The van der Waals surface area contributed by atoms with Crippen molar-refractivity contribution in [2.45, 2.75) is 57.9 Å². The molecule has 0 aromatic heterocycles. The average molecular weight is 356 g/mol. The van der Waals surface area contributed by atoms with Crippen LogP contribution in [0.2, 0.25) is 0 Å². The van der Waals surface area contributed by atoms with Crippen LogP contribution < -0.4 is 4.74 Å². The molecule has 1 fully saturated rings. The van der Waals surface area contributed by atoms with Crippen molar-refractivity contribution in [2.75, 3.05) is 0 Å². The Hall–Kier alpha value is -1.10. The van der Waals surface area contributed by atoms with E-state index in [2.05, 4.69) is 29.8 Å². The molecule has 116 valence electrons. The number of aryl methyl sites for hydroxylation is 2. The quantitative estimate of drug-likeness (QED) is 0.427. The summed E-state index contributed by atoms with van der Waals surface area (Å²) in [5, 5.41) is 11.3. The van der Waals surface area contributed by atoms with Crippen LogP contribution in [-0.4, -0.2) is 15.9 Å². The van der Waals surface area contributed by atoms with Gasteiger partial charge in [0.05, 0.1) is 4.92 Å². The number of benzene rings is 1. The van der Waals surface area contributed by atoms with Gasteiger partial charge in [-0.25, -0.2) is 0 Å². The van der Waals surface area contributed by atoms with Crippen LogP contribution in [0, 0.1) is 29.4 Å². The van der Waals surface area contributed by atoms with Crippen LogP contribution in [0.4, 0.5) is 5.69 Å². The second-order valence-corrected chi connectivity index (χ2v) is 7.04. The smallest absolute Gasteiger partial charge is 0.311 e. The molecule has 5 heteroatoms. The summed E-state index contributed by atoms with van der Waals surface area (Å²) in [5.74, 6) is 0.432. The molecule has 0 radical (unpaired) electrons. The summed E-state index contributed by atoms with van der Waals surface area (Å²) in [7, 11) is 0. The van der Waals surface area contributed by atoms with Gasteiger partial charge in [0.2, 0.25) is 0 Å². The zero-order valence-corrected chi connectivity index (χ0v) is 14.6. The molecule has 2 unspecified atom stereocenters. The van der Waals surface area contributed by atoms with E-state index >= 15 is 0 Å². The Morgan fingerprint density at radius 1 is 1.38 bits per heavy atom. The van der Waals surface area contributed by atoms with Crippen LogP contribution in [0.25, 0.3) is 0 Å². The summed E-state index contributed by atoms with van der Waals surface area (Å²) >= 11 is 3.72. The molecule has 1 aliphatic carbocycles. The van der Waals surface area contributed by atoms with Gasteiger partial charge in [-0.1, -0.05) is 35.8 Å². The van der Waals surface area contributed by atoms with E-state index in [4.69, 9.17) is 4.74 Å². The summed E-state index contributed by atoms with van der Waals surface area (Å²) < 4.78 is 6.13. The zero-order chi connectivity index (χ0) is 15.8. The van der Waals surface area contributed by atoms with E-state index < -0.39 is 0 Å². The minimum atomic E-state index is -0.348. The highest BCUT2D eigenvalue weighted by atomic mass is 79.9. The maximum Gasteiger partial charge on any atom is 0.311 e. The van der Waals surface area contributed by atoms with Crippen molar-refractivity contribution in [3.63, 3.8) is 0 Å². The lowest BCUT2D eigenvalue weighted by Crippen LogP contribution is -2.56. The molecule has 0 aliphatic heterocycles. The molecule has 2 rings (SSSR count). The fraction of sp³-hybridized carbons (Fsp3) is 0.625. The first-order valence-corrected chi connectivity index (χ1v) is 8.33. The summed E-state index contributed by atoms with van der Waals surface area (Å²) in [6.45, 7) is 8.05. The first-order chi connectivity index (χ1) is 9.85. The number of hydrogen-bond acceptors (Lipinski definition) is 3. The first-order valence-electron chi connectivity index (χ1n) is 7.42. The van der Waals surface area contributed by atoms with E-state index in [-0.39, 0.29) is 22.1 Å². The van der Waals surface area contributed by atoms with Gasteiger partial charge in [0, 0.05) is 16.3 Å². The minimum absolute atomic E-state index is 0.0389. The van der Waals surface area contributed by atoms with Gasteiger partial charge in [-0.15, -0.1) is 0 Å². The largest absolute Gasteiger partial charge is 0.483 e. The third kappa shape index (κ3) is 2.68. The molecule has 0 amide bonds. The Balaban J connectivity index is 2.34. The molecule has 1 saturated carbocycles. The van der Waals surface area contributed by atoms with E-state index in [1.54, 1.807) is 6.07 Å². The molecule has 0 spiro atoms. The number of alkyl halides is 1. The molecule has 0 bridgehead atoms. The number of rotatable bonds is 5. The number of halogens is 1. The second-order valence-electron chi connectivity index (χ2n) is 5.94. The number of nitro groups is 1. The maximum atomic E-state index is 11.3. The lowest BCUT2D eigenvalue weighted by atomic mass is 9.62. The van der Waals surface area contributed by atoms with Gasteiger partial charge >= 0.3 is 5.69 Å². The fourth-order valence-corrected chi connectivity index (χ4v) is 4.66. The Kier molecular flexibility index (Phi) is 4.61. The van der Waals surface area contributed by atoms with Crippen LogP contribution in [0.1, 0.15) is 44.2 Å². The fourth-order valence-electron chi connectivity index (χ4n) is 3.38. The van der Waals surface area contributed by atoms with Gasteiger partial charge in [-0.05, 0) is 44.2 Å². The van der Waals surface area contributed by atoms with E-state index in [1.807, 2.05) is 19.9 Å². The van der Waals surface area contributed by atoms with Crippen molar-refractivity contribution < 1.29 is 9.66 Å². The van der Waals surface area contributed by atoms with Gasteiger partial charge < -0.3 is 4.74 Å². The van der Waals surface area contributed by atoms with Crippen LogP contribution in [0.3, 0.4) is 0 Å². The highest BCUT2D eigenvalue weighted by Crippen LogP contribution is 2.53. The van der Waals surface area contributed by atoms with Gasteiger partial charge in [0.25, 0.3) is 0 Å². The van der Waals surface area contributed by atoms with E-state index in [0.29, 0.717) is 10.6 Å². The van der Waals surface area contributed by atoms with E-state index in [1.165, 1.54) is 0 Å². The molecule has 1 aromatic carbocycles. The first kappa shape index (κ1) is 16.3. The highest BCUT2D eigenvalue weighted by Gasteiger charge is 2.53. The van der Waals surface area contributed by atoms with Crippen molar-refractivity contribution in [1.29, 1.82) is 0 Å². The molecule has 0 heterocycles. The minimum Gasteiger partial charge on any atom is -0.483 e. The number of nitrogens with zero attached hydrogens (tertiary/aromatic N) is 1. The molecule has 4 nitrogen and oxygen atoms in total. The molecular weight excluding hydrogens is 334 g/mol. The highest BCUT2D eigenvalue weighted by molar-refractivity contribution is 9.09. The van der Waals surface area contributed by atoms with Gasteiger partial charge in [-0.2, -0.15) is 0 Å². The third-order valence-electron chi connectivity index (χ3n) is 4.86. The number of ether oxygens (including phenoxy) is 1. The number of nitro benzene ring substituents is 1. The van der Waals surface area contributed by atoms with Gasteiger partial charge in [0.1, 0.15) is 6.10 Å². The summed E-state index contributed by atoms with van der Waals surface area (Å²) in [5.41, 5.74) is 1.87. The average Bonchev–Trinajstić information content (AvgIpc) is 2.41. The van der Waals surface area contributed by atoms with Crippen molar-refractivity contribution in [1.82, 2.24) is 0 Å². The van der Waals surface area contributed by atoms with Gasteiger partial charge in [0.15, 0.2) is 5.75 Å². The molecule has 1 aliphatic rings. The Morgan fingerprint density at radius 2 is 2.00 bits per heavy atom. The number of hydrogen-bond donors (Lipinski definition) is 0. The molecular formula is C16H22BrNO3.